The molecule has 0 saturated carbocycles. The van der Waals surface area contributed by atoms with E-state index in [0.29, 0.717) is 17.3 Å². The van der Waals surface area contributed by atoms with Crippen molar-refractivity contribution in [2.24, 2.45) is 0 Å². The van der Waals surface area contributed by atoms with Gasteiger partial charge in [-0.2, -0.15) is 9.78 Å². The topological polar surface area (TPSA) is 95.2 Å². The van der Waals surface area contributed by atoms with Gasteiger partial charge in [-0.3, -0.25) is 14.2 Å². The summed E-state index contributed by atoms with van der Waals surface area (Å²) in [4.78, 5) is 39.2. The number of aromatic nitrogens is 3. The predicted octanol–water partition coefficient (Wildman–Crippen LogP) is 2.31. The van der Waals surface area contributed by atoms with Gasteiger partial charge in [0.25, 0.3) is 11.5 Å². The third-order valence-electron chi connectivity index (χ3n) is 5.28. The molecule has 2 aromatic carbocycles. The molecule has 0 spiro atoms. The number of carbonyl (C=O) groups is 1. The number of ether oxygens (including phenoxy) is 1. The Balaban J connectivity index is 1.76. The number of hydrogen-bond acceptors (Lipinski definition) is 5. The number of benzene rings is 2. The van der Waals surface area contributed by atoms with Crippen LogP contribution in [0.25, 0.3) is 5.69 Å². The van der Waals surface area contributed by atoms with Gasteiger partial charge in [0.1, 0.15) is 0 Å². The van der Waals surface area contributed by atoms with Crippen molar-refractivity contribution in [3.63, 3.8) is 0 Å². The zero-order valence-corrected chi connectivity index (χ0v) is 18.3. The minimum Gasteiger partial charge on any atom is -0.376 e. The van der Waals surface area contributed by atoms with E-state index < -0.39 is 17.2 Å². The zero-order chi connectivity index (χ0) is 22.7. The van der Waals surface area contributed by atoms with E-state index in [1.54, 1.807) is 24.3 Å². The number of amides is 1. The highest BCUT2D eigenvalue weighted by Gasteiger charge is 2.22. The van der Waals surface area contributed by atoms with E-state index in [1.165, 1.54) is 0 Å². The van der Waals surface area contributed by atoms with E-state index >= 15 is 0 Å². The minimum absolute atomic E-state index is 0.0153. The molecule has 1 atom stereocenters. The monoisotopic (exact) mass is 454 g/mol. The van der Waals surface area contributed by atoms with Crippen LogP contribution in [0.15, 0.2) is 58.1 Å². The normalized spacial score (nSPS) is 15.6. The summed E-state index contributed by atoms with van der Waals surface area (Å²) in [5, 5.41) is 7.31. The summed E-state index contributed by atoms with van der Waals surface area (Å²) in [5.74, 6) is -0.647. The Labute approximate surface area is 189 Å². The molecule has 9 heteroatoms. The fourth-order valence-corrected chi connectivity index (χ4v) is 3.76. The molecule has 0 radical (unpaired) electrons. The number of halogens is 1. The van der Waals surface area contributed by atoms with E-state index in [1.807, 2.05) is 31.2 Å². The van der Waals surface area contributed by atoms with E-state index in [9.17, 15) is 14.4 Å². The highest BCUT2D eigenvalue weighted by Crippen LogP contribution is 2.12. The van der Waals surface area contributed by atoms with Gasteiger partial charge in [0, 0.05) is 18.2 Å². The number of aryl methyl sites for hydroxylation is 1. The lowest BCUT2D eigenvalue weighted by molar-refractivity contribution is 0.0849. The molecule has 1 aliphatic heterocycles. The summed E-state index contributed by atoms with van der Waals surface area (Å²) in [6.07, 6.45) is 1.69. The number of carbonyl (C=O) groups excluding carboxylic acids is 1. The van der Waals surface area contributed by atoms with Gasteiger partial charge in [0.2, 0.25) is 5.69 Å². The summed E-state index contributed by atoms with van der Waals surface area (Å²) in [5.41, 5.74) is 0.415. The molecule has 8 nitrogen and oxygen atoms in total. The van der Waals surface area contributed by atoms with Crippen molar-refractivity contribution in [1.82, 2.24) is 19.7 Å². The van der Waals surface area contributed by atoms with Gasteiger partial charge < -0.3 is 10.1 Å². The van der Waals surface area contributed by atoms with Crippen LogP contribution in [-0.4, -0.2) is 39.5 Å². The second-order valence-electron chi connectivity index (χ2n) is 7.74. The van der Waals surface area contributed by atoms with Gasteiger partial charge in [0.05, 0.1) is 18.3 Å². The molecule has 1 aromatic heterocycles. The van der Waals surface area contributed by atoms with Crippen molar-refractivity contribution in [1.29, 1.82) is 0 Å². The van der Waals surface area contributed by atoms with Crippen molar-refractivity contribution in [2.75, 3.05) is 13.2 Å². The summed E-state index contributed by atoms with van der Waals surface area (Å²) in [6.45, 7) is 2.87. The van der Waals surface area contributed by atoms with Crippen LogP contribution in [0.4, 0.5) is 0 Å². The first-order valence-corrected chi connectivity index (χ1v) is 10.8. The van der Waals surface area contributed by atoms with Gasteiger partial charge in [-0.15, -0.1) is 0 Å². The molecule has 2 heterocycles. The van der Waals surface area contributed by atoms with Gasteiger partial charge >= 0.3 is 5.69 Å². The second kappa shape index (κ2) is 9.50. The predicted molar refractivity (Wildman–Crippen MR) is 121 cm³/mol. The molecule has 1 amide bonds. The van der Waals surface area contributed by atoms with Gasteiger partial charge in [-0.1, -0.05) is 41.4 Å². The smallest absolute Gasteiger partial charge is 0.352 e. The Kier molecular flexibility index (Phi) is 6.53. The largest absolute Gasteiger partial charge is 0.376 e. The SMILES string of the molecule is Cc1cccc(Cn2c(=O)c(C(=O)NC[C@H]3CCCO3)nn(-c3ccc(Cl)cc3)c2=O)c1. The molecule has 0 unspecified atom stereocenters. The van der Waals surface area contributed by atoms with Gasteiger partial charge in [0.15, 0.2) is 0 Å². The van der Waals surface area contributed by atoms with Crippen LogP contribution < -0.4 is 16.6 Å². The van der Waals surface area contributed by atoms with Crippen molar-refractivity contribution < 1.29 is 9.53 Å². The van der Waals surface area contributed by atoms with Crippen LogP contribution in [0.3, 0.4) is 0 Å². The maximum absolute atomic E-state index is 13.2. The lowest BCUT2D eigenvalue weighted by atomic mass is 10.1. The molecular weight excluding hydrogens is 432 g/mol. The zero-order valence-electron chi connectivity index (χ0n) is 17.6. The highest BCUT2D eigenvalue weighted by atomic mass is 35.5. The van der Waals surface area contributed by atoms with Crippen LogP contribution in [0, 0.1) is 6.92 Å². The standard InChI is InChI=1S/C23H23ClN4O4/c1-15-4-2-5-16(12-15)14-27-22(30)20(21(29)25-13-19-6-3-11-32-19)26-28(23(27)31)18-9-7-17(24)8-10-18/h2,4-5,7-10,12,19H,3,6,11,13-14H2,1H3,(H,25,29)/t19-/m1/s1. The van der Waals surface area contributed by atoms with Crippen LogP contribution in [0.1, 0.15) is 34.5 Å². The molecule has 1 N–H and O–H groups in total. The number of nitrogens with one attached hydrogen (secondary N) is 1. The average Bonchev–Trinajstić information content (AvgIpc) is 3.30. The lowest BCUT2D eigenvalue weighted by Gasteiger charge is -2.14. The Morgan fingerprint density at radius 1 is 1.22 bits per heavy atom. The van der Waals surface area contributed by atoms with E-state index in [4.69, 9.17) is 16.3 Å². The molecule has 4 rings (SSSR count). The molecular formula is C23H23ClN4O4. The Hall–Kier alpha value is -3.23. The van der Waals surface area contributed by atoms with E-state index in [-0.39, 0.29) is 24.9 Å². The highest BCUT2D eigenvalue weighted by molar-refractivity contribution is 6.30. The molecule has 32 heavy (non-hydrogen) atoms. The number of hydrogen-bond donors (Lipinski definition) is 1. The fraction of sp³-hybridized carbons (Fsp3) is 0.304. The third-order valence-corrected chi connectivity index (χ3v) is 5.54. The molecule has 1 saturated heterocycles. The average molecular weight is 455 g/mol. The molecule has 166 valence electrons. The molecule has 3 aromatic rings. The first kappa shape index (κ1) is 22.0. The second-order valence-corrected chi connectivity index (χ2v) is 8.18. The van der Waals surface area contributed by atoms with Crippen molar-refractivity contribution in [3.05, 3.63) is 91.2 Å². The van der Waals surface area contributed by atoms with Crippen molar-refractivity contribution in [3.8, 4) is 5.69 Å². The van der Waals surface area contributed by atoms with Crippen molar-refractivity contribution >= 4 is 17.5 Å². The quantitative estimate of drug-likeness (QED) is 0.616. The van der Waals surface area contributed by atoms with E-state index in [2.05, 4.69) is 10.4 Å². The summed E-state index contributed by atoms with van der Waals surface area (Å²) < 4.78 is 7.60. The maximum Gasteiger partial charge on any atom is 0.352 e. The fourth-order valence-electron chi connectivity index (χ4n) is 3.64. The van der Waals surface area contributed by atoms with Crippen LogP contribution in [0.5, 0.6) is 0 Å². The minimum atomic E-state index is -0.744. The van der Waals surface area contributed by atoms with Crippen LogP contribution >= 0.6 is 11.6 Å². The maximum atomic E-state index is 13.2. The summed E-state index contributed by atoms with van der Waals surface area (Å²) >= 11 is 5.96. The van der Waals surface area contributed by atoms with Crippen LogP contribution in [-0.2, 0) is 11.3 Å². The van der Waals surface area contributed by atoms with Gasteiger partial charge in [-0.25, -0.2) is 4.79 Å². The first-order valence-electron chi connectivity index (χ1n) is 10.4. The summed E-state index contributed by atoms with van der Waals surface area (Å²) in [7, 11) is 0. The Morgan fingerprint density at radius 3 is 2.69 bits per heavy atom. The van der Waals surface area contributed by atoms with Crippen LogP contribution in [0.2, 0.25) is 5.02 Å². The van der Waals surface area contributed by atoms with Crippen molar-refractivity contribution in [2.45, 2.75) is 32.4 Å². The third kappa shape index (κ3) is 4.81. The number of rotatable bonds is 6. The molecule has 1 fully saturated rings. The summed E-state index contributed by atoms with van der Waals surface area (Å²) in [6, 6.07) is 13.9. The number of nitrogens with zero attached hydrogens (tertiary/aromatic N) is 3. The Bertz CT molecular complexity index is 1240. The lowest BCUT2D eigenvalue weighted by Crippen LogP contribution is -2.46. The first-order chi connectivity index (χ1) is 15.4. The molecule has 0 bridgehead atoms. The van der Waals surface area contributed by atoms with Gasteiger partial charge in [-0.05, 0) is 49.6 Å². The molecule has 0 aliphatic carbocycles. The Morgan fingerprint density at radius 2 is 2.00 bits per heavy atom. The molecule has 1 aliphatic rings. The van der Waals surface area contributed by atoms with E-state index in [0.717, 1.165) is 33.2 Å².